The van der Waals surface area contributed by atoms with Crippen LogP contribution in [-0.2, 0) is 14.8 Å². The number of nitrogens with one attached hydrogen (secondary N) is 1. The Morgan fingerprint density at radius 3 is 2.41 bits per heavy atom. The lowest BCUT2D eigenvalue weighted by Crippen LogP contribution is -2.37. The molecule has 4 aromatic rings. The summed E-state index contributed by atoms with van der Waals surface area (Å²) in [6.45, 7) is 5.07. The number of anilines is 1. The van der Waals surface area contributed by atoms with Crippen LogP contribution in [0.2, 0.25) is 0 Å². The SMILES string of the molecule is Cc1ccc(NC(=O)/C(C#N)=C\c2cn(-c3ccccc3)nc2-c2cccc(S(=O)(=O)N3CCC(C)CC3)c2)cc1. The number of hydrogen-bond donors (Lipinski definition) is 1. The van der Waals surface area contributed by atoms with E-state index in [0.717, 1.165) is 24.1 Å². The highest BCUT2D eigenvalue weighted by atomic mass is 32.2. The van der Waals surface area contributed by atoms with Crippen LogP contribution in [-0.4, -0.2) is 41.5 Å². The molecule has 5 rings (SSSR count). The molecule has 0 unspecified atom stereocenters. The summed E-state index contributed by atoms with van der Waals surface area (Å²) in [5.41, 5.74) is 3.82. The van der Waals surface area contributed by atoms with E-state index in [0.29, 0.717) is 41.5 Å². The fourth-order valence-corrected chi connectivity index (χ4v) is 6.26. The Balaban J connectivity index is 1.54. The molecule has 1 fully saturated rings. The fourth-order valence-electron chi connectivity index (χ4n) is 4.75. The number of benzene rings is 3. The van der Waals surface area contributed by atoms with Crippen molar-refractivity contribution in [2.45, 2.75) is 31.6 Å². The molecule has 0 radical (unpaired) electrons. The van der Waals surface area contributed by atoms with Gasteiger partial charge in [-0.1, -0.05) is 55.0 Å². The van der Waals surface area contributed by atoms with Crippen molar-refractivity contribution in [3.8, 4) is 23.0 Å². The average Bonchev–Trinajstić information content (AvgIpc) is 3.42. The predicted octanol–water partition coefficient (Wildman–Crippen LogP) is 5.81. The molecule has 1 amide bonds. The lowest BCUT2D eigenvalue weighted by molar-refractivity contribution is -0.112. The van der Waals surface area contributed by atoms with E-state index >= 15 is 0 Å². The van der Waals surface area contributed by atoms with Gasteiger partial charge in [-0.3, -0.25) is 4.79 Å². The normalized spacial score (nSPS) is 14.9. The van der Waals surface area contributed by atoms with Crippen molar-refractivity contribution < 1.29 is 13.2 Å². The third-order valence-electron chi connectivity index (χ3n) is 7.23. The van der Waals surface area contributed by atoms with Gasteiger partial charge in [0, 0.05) is 36.1 Å². The van der Waals surface area contributed by atoms with Crippen LogP contribution in [0, 0.1) is 24.2 Å². The first-order valence-corrected chi connectivity index (χ1v) is 14.9. The molecule has 3 aromatic carbocycles. The van der Waals surface area contributed by atoms with E-state index in [-0.39, 0.29) is 10.5 Å². The maximum absolute atomic E-state index is 13.5. The van der Waals surface area contributed by atoms with Crippen molar-refractivity contribution in [1.82, 2.24) is 14.1 Å². The maximum atomic E-state index is 13.5. The fraction of sp³-hybridized carbons (Fsp3) is 0.219. The van der Waals surface area contributed by atoms with Gasteiger partial charge in [-0.25, -0.2) is 13.1 Å². The van der Waals surface area contributed by atoms with E-state index in [1.54, 1.807) is 51.6 Å². The summed E-state index contributed by atoms with van der Waals surface area (Å²) in [7, 11) is -3.69. The number of rotatable bonds is 7. The molecule has 41 heavy (non-hydrogen) atoms. The molecule has 1 aliphatic rings. The summed E-state index contributed by atoms with van der Waals surface area (Å²) >= 11 is 0. The molecule has 1 aliphatic heterocycles. The van der Waals surface area contributed by atoms with E-state index in [1.165, 1.54) is 6.08 Å². The van der Waals surface area contributed by atoms with Crippen LogP contribution in [0.3, 0.4) is 0 Å². The smallest absolute Gasteiger partial charge is 0.266 e. The zero-order valence-electron chi connectivity index (χ0n) is 23.0. The van der Waals surface area contributed by atoms with Gasteiger partial charge in [-0.15, -0.1) is 0 Å². The highest BCUT2D eigenvalue weighted by Crippen LogP contribution is 2.30. The van der Waals surface area contributed by atoms with Crippen molar-refractivity contribution >= 4 is 27.7 Å². The quantitative estimate of drug-likeness (QED) is 0.225. The van der Waals surface area contributed by atoms with Crippen LogP contribution in [0.15, 0.2) is 95.5 Å². The second-order valence-corrected chi connectivity index (χ2v) is 12.3. The lowest BCUT2D eigenvalue weighted by atomic mass is 10.0. The van der Waals surface area contributed by atoms with Gasteiger partial charge in [-0.2, -0.15) is 14.7 Å². The number of carbonyl (C=O) groups excluding carboxylic acids is 1. The first kappa shape index (κ1) is 28.0. The minimum Gasteiger partial charge on any atom is -0.321 e. The molecule has 0 bridgehead atoms. The van der Waals surface area contributed by atoms with Gasteiger partial charge in [0.1, 0.15) is 17.3 Å². The zero-order valence-corrected chi connectivity index (χ0v) is 23.8. The number of sulfonamides is 1. The van der Waals surface area contributed by atoms with E-state index in [2.05, 4.69) is 12.2 Å². The standard InChI is InChI=1S/C32H31N5O3S/c1-23-11-13-28(14-12-23)34-32(38)26(21-33)19-27-22-37(29-8-4-3-5-9-29)35-31(27)25-7-6-10-30(20-25)41(39,40)36-17-15-24(2)16-18-36/h3-14,19-20,22,24H,15-18H2,1-2H3,(H,34,38)/b26-19-. The number of carbonyl (C=O) groups is 1. The van der Waals surface area contributed by atoms with Crippen LogP contribution in [0.1, 0.15) is 30.9 Å². The summed E-state index contributed by atoms with van der Waals surface area (Å²) in [5, 5.41) is 17.4. The summed E-state index contributed by atoms with van der Waals surface area (Å²) in [6.07, 6.45) is 4.88. The van der Waals surface area contributed by atoms with E-state index in [4.69, 9.17) is 5.10 Å². The van der Waals surface area contributed by atoms with Gasteiger partial charge in [0.05, 0.1) is 10.6 Å². The number of para-hydroxylation sites is 1. The second-order valence-electron chi connectivity index (χ2n) is 10.3. The number of nitrogens with zero attached hydrogens (tertiary/aromatic N) is 4. The molecule has 9 heteroatoms. The topological polar surface area (TPSA) is 108 Å². The number of nitriles is 1. The molecule has 0 aliphatic carbocycles. The van der Waals surface area contributed by atoms with Crippen LogP contribution < -0.4 is 5.32 Å². The third-order valence-corrected chi connectivity index (χ3v) is 9.12. The Hall–Kier alpha value is -4.52. The number of piperidine rings is 1. The van der Waals surface area contributed by atoms with Crippen molar-refractivity contribution in [2.24, 2.45) is 5.92 Å². The number of amides is 1. The maximum Gasteiger partial charge on any atom is 0.266 e. The Labute approximate surface area is 240 Å². The van der Waals surface area contributed by atoms with Crippen LogP contribution in [0.25, 0.3) is 23.0 Å². The summed E-state index contributed by atoms with van der Waals surface area (Å²) in [6, 6.07) is 25.4. The first-order valence-electron chi connectivity index (χ1n) is 13.5. The molecule has 0 saturated carbocycles. The largest absolute Gasteiger partial charge is 0.321 e. The molecule has 8 nitrogen and oxygen atoms in total. The highest BCUT2D eigenvalue weighted by Gasteiger charge is 2.28. The molecule has 0 atom stereocenters. The molecular formula is C32H31N5O3S. The number of hydrogen-bond acceptors (Lipinski definition) is 5. The van der Waals surface area contributed by atoms with Crippen molar-refractivity contribution in [3.05, 3.63) is 102 Å². The summed E-state index contributed by atoms with van der Waals surface area (Å²) < 4.78 is 30.2. The van der Waals surface area contributed by atoms with Crippen LogP contribution in [0.5, 0.6) is 0 Å². The van der Waals surface area contributed by atoms with E-state index in [9.17, 15) is 18.5 Å². The van der Waals surface area contributed by atoms with E-state index < -0.39 is 15.9 Å². The van der Waals surface area contributed by atoms with Gasteiger partial charge in [0.2, 0.25) is 10.0 Å². The van der Waals surface area contributed by atoms with Gasteiger partial charge < -0.3 is 5.32 Å². The summed E-state index contributed by atoms with van der Waals surface area (Å²) in [5.74, 6) is -0.0490. The molecule has 0 spiro atoms. The van der Waals surface area contributed by atoms with Gasteiger partial charge in [-0.05, 0) is 68.2 Å². The van der Waals surface area contributed by atoms with Crippen LogP contribution in [0.4, 0.5) is 5.69 Å². The van der Waals surface area contributed by atoms with Gasteiger partial charge >= 0.3 is 0 Å². The molecule has 1 saturated heterocycles. The minimum atomic E-state index is -3.69. The predicted molar refractivity (Wildman–Crippen MR) is 160 cm³/mol. The number of aromatic nitrogens is 2. The Kier molecular flexibility index (Phi) is 8.15. The minimum absolute atomic E-state index is 0.106. The Bertz CT molecular complexity index is 1730. The van der Waals surface area contributed by atoms with E-state index in [1.807, 2.05) is 55.5 Å². The highest BCUT2D eigenvalue weighted by molar-refractivity contribution is 7.89. The zero-order chi connectivity index (χ0) is 29.0. The number of aryl methyl sites for hydroxylation is 1. The summed E-state index contributed by atoms with van der Waals surface area (Å²) in [4.78, 5) is 13.2. The van der Waals surface area contributed by atoms with Crippen molar-refractivity contribution in [3.63, 3.8) is 0 Å². The monoisotopic (exact) mass is 565 g/mol. The Morgan fingerprint density at radius 2 is 1.73 bits per heavy atom. The third kappa shape index (κ3) is 6.30. The van der Waals surface area contributed by atoms with Gasteiger partial charge in [0.25, 0.3) is 5.91 Å². The molecule has 208 valence electrons. The van der Waals surface area contributed by atoms with Gasteiger partial charge in [0.15, 0.2) is 0 Å². The Morgan fingerprint density at radius 1 is 1.02 bits per heavy atom. The molecule has 2 heterocycles. The average molecular weight is 566 g/mol. The second kappa shape index (κ2) is 11.9. The molecule has 1 N–H and O–H groups in total. The van der Waals surface area contributed by atoms with Crippen molar-refractivity contribution in [2.75, 3.05) is 18.4 Å². The van der Waals surface area contributed by atoms with Crippen LogP contribution >= 0.6 is 0 Å². The lowest BCUT2D eigenvalue weighted by Gasteiger charge is -2.29. The molecular weight excluding hydrogens is 534 g/mol. The van der Waals surface area contributed by atoms with Crippen molar-refractivity contribution in [1.29, 1.82) is 5.26 Å². The molecule has 1 aromatic heterocycles. The first-order chi connectivity index (χ1) is 19.7.